The number of hydrogen-bond acceptors (Lipinski definition) is 4. The fourth-order valence-corrected chi connectivity index (χ4v) is 1.64. The predicted molar refractivity (Wildman–Crippen MR) is 47.8 cm³/mol. The van der Waals surface area contributed by atoms with E-state index in [1.165, 1.54) is 6.92 Å². The van der Waals surface area contributed by atoms with Crippen molar-refractivity contribution in [1.29, 1.82) is 0 Å². The molecule has 0 radical (unpaired) electrons. The second-order valence-electron chi connectivity index (χ2n) is 3.47. The van der Waals surface area contributed by atoms with Gasteiger partial charge < -0.3 is 5.32 Å². The third kappa shape index (κ3) is 1.78. The number of Topliss-reactive ketones (excluding diaryl/α,β-unsaturated/α-hetero) is 1. The maximum Gasteiger partial charge on any atom is 0.434 e. The molecule has 0 amide bonds. The van der Waals surface area contributed by atoms with Gasteiger partial charge >= 0.3 is 6.18 Å². The van der Waals surface area contributed by atoms with E-state index in [-0.39, 0.29) is 24.6 Å². The summed E-state index contributed by atoms with van der Waals surface area (Å²) in [7, 11) is 0. The van der Waals surface area contributed by atoms with Crippen molar-refractivity contribution in [2.24, 2.45) is 0 Å². The van der Waals surface area contributed by atoms with Crippen LogP contribution in [0.15, 0.2) is 0 Å². The number of fused-ring (bicyclic) bond motifs is 1. The van der Waals surface area contributed by atoms with Crippen molar-refractivity contribution in [1.82, 2.24) is 15.3 Å². The molecule has 0 spiro atoms. The Labute approximate surface area is 88.9 Å². The molecule has 2 heterocycles. The average molecular weight is 231 g/mol. The summed E-state index contributed by atoms with van der Waals surface area (Å²) < 4.78 is 38.0. The lowest BCUT2D eigenvalue weighted by Gasteiger charge is -2.19. The Kier molecular flexibility index (Phi) is 2.42. The molecule has 1 aliphatic heterocycles. The summed E-state index contributed by atoms with van der Waals surface area (Å²) in [4.78, 5) is 18.6. The molecule has 1 aliphatic rings. The van der Waals surface area contributed by atoms with E-state index in [0.29, 0.717) is 0 Å². The summed E-state index contributed by atoms with van der Waals surface area (Å²) in [5, 5.41) is 2.69. The zero-order chi connectivity index (χ0) is 11.9. The van der Waals surface area contributed by atoms with Crippen LogP contribution in [0.25, 0.3) is 0 Å². The van der Waals surface area contributed by atoms with E-state index in [1.807, 2.05) is 0 Å². The summed E-state index contributed by atoms with van der Waals surface area (Å²) >= 11 is 0. The smallest absolute Gasteiger partial charge is 0.304 e. The van der Waals surface area contributed by atoms with Crippen molar-refractivity contribution in [2.45, 2.75) is 19.6 Å². The van der Waals surface area contributed by atoms with Crippen LogP contribution in [0.3, 0.4) is 0 Å². The number of ketones is 1. The molecule has 2 rings (SSSR count). The molecule has 0 bridgehead atoms. The van der Waals surface area contributed by atoms with Crippen LogP contribution < -0.4 is 5.32 Å². The van der Waals surface area contributed by atoms with Gasteiger partial charge in [-0.3, -0.25) is 4.79 Å². The highest BCUT2D eigenvalue weighted by atomic mass is 19.4. The summed E-state index contributed by atoms with van der Waals surface area (Å²) in [5.74, 6) is -0.601. The Morgan fingerprint density at radius 3 is 2.56 bits per heavy atom. The number of aromatic nitrogens is 2. The molecule has 0 saturated carbocycles. The van der Waals surface area contributed by atoms with Crippen LogP contribution in [-0.4, -0.2) is 22.3 Å². The number of nitrogens with one attached hydrogen (secondary N) is 1. The molecule has 0 aromatic carbocycles. The molecule has 0 saturated heterocycles. The SMILES string of the molecule is Cc1nc2c(c(C(F)(F)F)n1)C(=O)CNC2. The van der Waals surface area contributed by atoms with E-state index in [2.05, 4.69) is 15.3 Å². The van der Waals surface area contributed by atoms with Crippen molar-refractivity contribution in [3.8, 4) is 0 Å². The van der Waals surface area contributed by atoms with Gasteiger partial charge in [-0.1, -0.05) is 0 Å². The largest absolute Gasteiger partial charge is 0.434 e. The van der Waals surface area contributed by atoms with E-state index in [1.54, 1.807) is 0 Å². The third-order valence-electron chi connectivity index (χ3n) is 2.22. The van der Waals surface area contributed by atoms with Gasteiger partial charge in [0.25, 0.3) is 0 Å². The fraction of sp³-hybridized carbons (Fsp3) is 0.444. The first-order valence-corrected chi connectivity index (χ1v) is 4.58. The van der Waals surface area contributed by atoms with Gasteiger partial charge in [0.2, 0.25) is 0 Å². The molecule has 4 nitrogen and oxygen atoms in total. The van der Waals surface area contributed by atoms with Gasteiger partial charge in [-0.25, -0.2) is 9.97 Å². The average Bonchev–Trinajstić information content (AvgIpc) is 2.15. The van der Waals surface area contributed by atoms with Gasteiger partial charge in [-0.05, 0) is 6.92 Å². The van der Waals surface area contributed by atoms with E-state index in [0.717, 1.165) is 0 Å². The summed E-state index contributed by atoms with van der Waals surface area (Å²) in [6.45, 7) is 1.42. The van der Waals surface area contributed by atoms with Gasteiger partial charge in [0.1, 0.15) is 5.82 Å². The van der Waals surface area contributed by atoms with Crippen LogP contribution in [0.5, 0.6) is 0 Å². The minimum atomic E-state index is -4.62. The summed E-state index contributed by atoms with van der Waals surface area (Å²) in [6, 6.07) is 0. The molecule has 0 unspecified atom stereocenters. The Balaban J connectivity index is 2.68. The lowest BCUT2D eigenvalue weighted by Crippen LogP contribution is -2.34. The van der Waals surface area contributed by atoms with Crippen molar-refractivity contribution >= 4 is 5.78 Å². The quantitative estimate of drug-likeness (QED) is 0.726. The normalized spacial score (nSPS) is 16.1. The number of rotatable bonds is 0. The maximum atomic E-state index is 12.7. The lowest BCUT2D eigenvalue weighted by molar-refractivity contribution is -0.141. The third-order valence-corrected chi connectivity index (χ3v) is 2.22. The predicted octanol–water partition coefficient (Wildman–Crippen LogP) is 1.09. The molecule has 7 heteroatoms. The Morgan fingerprint density at radius 2 is 1.94 bits per heavy atom. The highest BCUT2D eigenvalue weighted by molar-refractivity contribution is 6.00. The first-order chi connectivity index (χ1) is 7.39. The molecule has 0 aliphatic carbocycles. The van der Waals surface area contributed by atoms with Gasteiger partial charge in [0.05, 0.1) is 17.8 Å². The minimum absolute atomic E-state index is 0.0163. The number of carbonyl (C=O) groups is 1. The molecule has 86 valence electrons. The van der Waals surface area contributed by atoms with Crippen LogP contribution in [0.1, 0.15) is 27.6 Å². The van der Waals surface area contributed by atoms with E-state index in [9.17, 15) is 18.0 Å². The monoisotopic (exact) mass is 231 g/mol. The number of alkyl halides is 3. The summed E-state index contributed by atoms with van der Waals surface area (Å²) in [6.07, 6.45) is -4.62. The Bertz CT molecular complexity index is 456. The first kappa shape index (κ1) is 11.0. The number of hydrogen-bond donors (Lipinski definition) is 1. The molecule has 1 aromatic heterocycles. The molecule has 1 aromatic rings. The van der Waals surface area contributed by atoms with Gasteiger partial charge in [0.15, 0.2) is 11.5 Å². The molecule has 1 N–H and O–H groups in total. The van der Waals surface area contributed by atoms with Crippen LogP contribution in [-0.2, 0) is 12.7 Å². The summed E-state index contributed by atoms with van der Waals surface area (Å²) in [5.41, 5.74) is -1.39. The number of nitrogens with zero attached hydrogens (tertiary/aromatic N) is 2. The minimum Gasteiger partial charge on any atom is -0.304 e. The molecule has 0 atom stereocenters. The second-order valence-corrected chi connectivity index (χ2v) is 3.47. The molecule has 16 heavy (non-hydrogen) atoms. The van der Waals surface area contributed by atoms with Crippen LogP contribution >= 0.6 is 0 Å². The topological polar surface area (TPSA) is 54.9 Å². The number of aryl methyl sites for hydroxylation is 1. The van der Waals surface area contributed by atoms with E-state index in [4.69, 9.17) is 0 Å². The number of halogens is 3. The Hall–Kier alpha value is -1.50. The van der Waals surface area contributed by atoms with Crippen molar-refractivity contribution in [3.63, 3.8) is 0 Å². The standard InChI is InChI=1S/C9H8F3N3O/c1-4-14-5-2-13-3-6(16)7(5)8(15-4)9(10,11)12/h13H,2-3H2,1H3. The van der Waals surface area contributed by atoms with Crippen LogP contribution in [0, 0.1) is 6.92 Å². The van der Waals surface area contributed by atoms with Crippen molar-refractivity contribution < 1.29 is 18.0 Å². The number of carbonyl (C=O) groups excluding carboxylic acids is 1. The maximum absolute atomic E-state index is 12.7. The van der Waals surface area contributed by atoms with Gasteiger partial charge in [0, 0.05) is 6.54 Å². The zero-order valence-corrected chi connectivity index (χ0v) is 8.35. The van der Waals surface area contributed by atoms with Crippen molar-refractivity contribution in [3.05, 3.63) is 22.8 Å². The lowest BCUT2D eigenvalue weighted by atomic mass is 10.0. The van der Waals surface area contributed by atoms with E-state index < -0.39 is 23.2 Å². The fourth-order valence-electron chi connectivity index (χ4n) is 1.64. The van der Waals surface area contributed by atoms with Crippen molar-refractivity contribution in [2.75, 3.05) is 6.54 Å². The van der Waals surface area contributed by atoms with E-state index >= 15 is 0 Å². The van der Waals surface area contributed by atoms with Crippen LogP contribution in [0.4, 0.5) is 13.2 Å². The highest BCUT2D eigenvalue weighted by Crippen LogP contribution is 2.32. The molecular weight excluding hydrogens is 223 g/mol. The Morgan fingerprint density at radius 1 is 1.25 bits per heavy atom. The zero-order valence-electron chi connectivity index (χ0n) is 8.35. The first-order valence-electron chi connectivity index (χ1n) is 4.58. The second kappa shape index (κ2) is 3.51. The molecule has 0 fully saturated rings. The van der Waals surface area contributed by atoms with Crippen LogP contribution in [0.2, 0.25) is 0 Å². The van der Waals surface area contributed by atoms with Gasteiger partial charge in [-0.15, -0.1) is 0 Å². The highest BCUT2D eigenvalue weighted by Gasteiger charge is 2.40. The molecular formula is C9H8F3N3O. The van der Waals surface area contributed by atoms with Gasteiger partial charge in [-0.2, -0.15) is 13.2 Å².